The maximum atomic E-state index is 6.98. The zero-order valence-electron chi connectivity index (χ0n) is 26.4. The standard InChI is InChI=1S/C48H26O/c1-2-6-33-26-42-41(25-32(33)5-1)47-40(38-19-17-31-12-11-29-9-4-10-30-18-20-39(38)46(31)44(29)30)22-21-37(48(47)49-42)36-23-34-15-13-27-7-3-8-28-14-16-35(24-36)45(34)43(27)28/h1-26H. The molecule has 11 aromatic carbocycles. The molecule has 0 aliphatic carbocycles. The number of benzene rings is 11. The minimum Gasteiger partial charge on any atom is -0.455 e. The second-order valence-electron chi connectivity index (χ2n) is 13.6. The molecule has 1 aromatic heterocycles. The molecule has 49 heavy (non-hydrogen) atoms. The van der Waals surface area contributed by atoms with E-state index in [4.69, 9.17) is 4.42 Å². The predicted octanol–water partition coefficient (Wildman–Crippen LogP) is 13.9. The highest BCUT2D eigenvalue weighted by atomic mass is 16.3. The fourth-order valence-corrected chi connectivity index (χ4v) is 8.90. The van der Waals surface area contributed by atoms with Crippen LogP contribution in [0.25, 0.3) is 120 Å². The summed E-state index contributed by atoms with van der Waals surface area (Å²) in [5.74, 6) is 0. The maximum absolute atomic E-state index is 6.98. The van der Waals surface area contributed by atoms with Gasteiger partial charge in [0, 0.05) is 16.3 Å². The summed E-state index contributed by atoms with van der Waals surface area (Å²) in [6.45, 7) is 0. The van der Waals surface area contributed by atoms with Gasteiger partial charge in [-0.05, 0) is 122 Å². The Kier molecular flexibility index (Phi) is 4.77. The van der Waals surface area contributed by atoms with Crippen molar-refractivity contribution in [1.29, 1.82) is 0 Å². The molecule has 224 valence electrons. The molecule has 1 heteroatoms. The van der Waals surface area contributed by atoms with E-state index < -0.39 is 0 Å². The smallest absolute Gasteiger partial charge is 0.143 e. The number of furan rings is 1. The van der Waals surface area contributed by atoms with Gasteiger partial charge in [0.25, 0.3) is 0 Å². The van der Waals surface area contributed by atoms with Crippen molar-refractivity contribution in [2.45, 2.75) is 0 Å². The van der Waals surface area contributed by atoms with Crippen molar-refractivity contribution in [3.05, 3.63) is 158 Å². The second-order valence-corrected chi connectivity index (χ2v) is 13.6. The van der Waals surface area contributed by atoms with Gasteiger partial charge in [0.2, 0.25) is 0 Å². The van der Waals surface area contributed by atoms with Crippen LogP contribution < -0.4 is 0 Å². The van der Waals surface area contributed by atoms with Crippen LogP contribution in [0.4, 0.5) is 0 Å². The lowest BCUT2D eigenvalue weighted by molar-refractivity contribution is 0.670. The lowest BCUT2D eigenvalue weighted by atomic mass is 9.87. The Morgan fingerprint density at radius 3 is 1.47 bits per heavy atom. The van der Waals surface area contributed by atoms with Crippen LogP contribution in [0.15, 0.2) is 162 Å². The van der Waals surface area contributed by atoms with E-state index in [0.29, 0.717) is 0 Å². The summed E-state index contributed by atoms with van der Waals surface area (Å²) in [5.41, 5.74) is 6.56. The Hall–Kier alpha value is -6.44. The van der Waals surface area contributed by atoms with Gasteiger partial charge in [-0.25, -0.2) is 0 Å². The highest BCUT2D eigenvalue weighted by Gasteiger charge is 2.21. The van der Waals surface area contributed by atoms with Crippen molar-refractivity contribution >= 4 is 97.3 Å². The van der Waals surface area contributed by atoms with Gasteiger partial charge in [-0.15, -0.1) is 0 Å². The first-order valence-electron chi connectivity index (χ1n) is 17.0. The average Bonchev–Trinajstić information content (AvgIpc) is 3.53. The average molecular weight is 619 g/mol. The Balaban J connectivity index is 1.20. The Labute approximate surface area is 280 Å². The molecule has 1 nitrogen and oxygen atoms in total. The van der Waals surface area contributed by atoms with E-state index >= 15 is 0 Å². The van der Waals surface area contributed by atoms with Crippen molar-refractivity contribution in [1.82, 2.24) is 0 Å². The fourth-order valence-electron chi connectivity index (χ4n) is 8.90. The number of hydrogen-bond acceptors (Lipinski definition) is 1. The van der Waals surface area contributed by atoms with Crippen molar-refractivity contribution in [2.75, 3.05) is 0 Å². The molecule has 0 saturated heterocycles. The maximum Gasteiger partial charge on any atom is 0.143 e. The van der Waals surface area contributed by atoms with Crippen LogP contribution in [0.2, 0.25) is 0 Å². The predicted molar refractivity (Wildman–Crippen MR) is 210 cm³/mol. The van der Waals surface area contributed by atoms with Crippen LogP contribution >= 0.6 is 0 Å². The van der Waals surface area contributed by atoms with E-state index in [0.717, 1.165) is 22.1 Å². The topological polar surface area (TPSA) is 13.1 Å². The molecule has 12 rings (SSSR count). The minimum absolute atomic E-state index is 0.915. The van der Waals surface area contributed by atoms with Crippen LogP contribution in [0.1, 0.15) is 0 Å². The summed E-state index contributed by atoms with van der Waals surface area (Å²) < 4.78 is 6.98. The Morgan fingerprint density at radius 1 is 0.286 bits per heavy atom. The normalized spacial score (nSPS) is 12.5. The van der Waals surface area contributed by atoms with Crippen LogP contribution in [-0.2, 0) is 0 Å². The van der Waals surface area contributed by atoms with Gasteiger partial charge < -0.3 is 4.42 Å². The van der Waals surface area contributed by atoms with E-state index in [-0.39, 0.29) is 0 Å². The molecule has 0 fully saturated rings. The zero-order valence-corrected chi connectivity index (χ0v) is 26.4. The zero-order chi connectivity index (χ0) is 31.8. The van der Waals surface area contributed by atoms with Gasteiger partial charge in [0.1, 0.15) is 11.2 Å². The molecule has 12 aromatic rings. The largest absolute Gasteiger partial charge is 0.455 e. The molecule has 0 aliphatic rings. The molecule has 0 amide bonds. The number of fused-ring (bicyclic) bond motifs is 4. The van der Waals surface area contributed by atoms with Gasteiger partial charge in [-0.3, -0.25) is 0 Å². The van der Waals surface area contributed by atoms with E-state index in [9.17, 15) is 0 Å². The summed E-state index contributed by atoms with van der Waals surface area (Å²) >= 11 is 0. The highest BCUT2D eigenvalue weighted by molar-refractivity contribution is 6.28. The van der Waals surface area contributed by atoms with Gasteiger partial charge in [-0.2, -0.15) is 0 Å². The SMILES string of the molecule is c1ccc2cc3c(cc2c1)oc1c(-c2cc4ccc5cccc6ccc(c2)c4c56)ccc(-c2ccc4ccc5cccc6ccc2c4c56)c13. The van der Waals surface area contributed by atoms with Gasteiger partial charge in [-0.1, -0.05) is 127 Å². The third-order valence-corrected chi connectivity index (χ3v) is 11.1. The molecule has 0 radical (unpaired) electrons. The van der Waals surface area contributed by atoms with Crippen molar-refractivity contribution in [3.8, 4) is 22.3 Å². The molecule has 0 unspecified atom stereocenters. The van der Waals surface area contributed by atoms with E-state index in [1.807, 2.05) is 0 Å². The lowest BCUT2D eigenvalue weighted by Crippen LogP contribution is -1.89. The third kappa shape index (κ3) is 3.39. The van der Waals surface area contributed by atoms with Gasteiger partial charge in [0.05, 0.1) is 0 Å². The number of rotatable bonds is 2. The summed E-state index contributed by atoms with van der Waals surface area (Å²) in [6.07, 6.45) is 0. The van der Waals surface area contributed by atoms with Crippen LogP contribution in [0.5, 0.6) is 0 Å². The molecule has 1 heterocycles. The summed E-state index contributed by atoms with van der Waals surface area (Å²) in [7, 11) is 0. The van der Waals surface area contributed by atoms with Gasteiger partial charge in [0.15, 0.2) is 0 Å². The first kappa shape index (κ1) is 25.6. The molecule has 0 spiro atoms. The van der Waals surface area contributed by atoms with E-state index in [1.165, 1.54) is 97.5 Å². The van der Waals surface area contributed by atoms with Crippen molar-refractivity contribution < 1.29 is 4.42 Å². The molecule has 0 N–H and O–H groups in total. The molecule has 0 aliphatic heterocycles. The first-order chi connectivity index (χ1) is 24.3. The van der Waals surface area contributed by atoms with Crippen molar-refractivity contribution in [2.24, 2.45) is 0 Å². The summed E-state index contributed by atoms with van der Waals surface area (Å²) in [4.78, 5) is 0. The molecule has 0 saturated carbocycles. The third-order valence-electron chi connectivity index (χ3n) is 11.1. The molecular formula is C48H26O. The molecular weight excluding hydrogens is 593 g/mol. The Morgan fingerprint density at radius 2 is 0.776 bits per heavy atom. The van der Waals surface area contributed by atoms with Crippen LogP contribution in [0, 0.1) is 0 Å². The van der Waals surface area contributed by atoms with Crippen LogP contribution in [0.3, 0.4) is 0 Å². The quantitative estimate of drug-likeness (QED) is 0.176. The Bertz CT molecular complexity index is 3240. The van der Waals surface area contributed by atoms with Gasteiger partial charge >= 0.3 is 0 Å². The first-order valence-corrected chi connectivity index (χ1v) is 17.0. The minimum atomic E-state index is 0.915. The summed E-state index contributed by atoms with van der Waals surface area (Å²) in [6, 6.07) is 58.4. The number of hydrogen-bond donors (Lipinski definition) is 0. The fraction of sp³-hybridized carbons (Fsp3) is 0. The highest BCUT2D eigenvalue weighted by Crippen LogP contribution is 2.47. The molecule has 0 atom stereocenters. The van der Waals surface area contributed by atoms with E-state index in [1.54, 1.807) is 0 Å². The molecule has 0 bridgehead atoms. The van der Waals surface area contributed by atoms with Crippen LogP contribution in [-0.4, -0.2) is 0 Å². The second kappa shape index (κ2) is 9.13. The summed E-state index contributed by atoms with van der Waals surface area (Å²) in [5, 5.41) is 20.2. The van der Waals surface area contributed by atoms with E-state index in [2.05, 4.69) is 158 Å². The lowest BCUT2D eigenvalue weighted by Gasteiger charge is -2.16. The van der Waals surface area contributed by atoms with Crippen molar-refractivity contribution in [3.63, 3.8) is 0 Å². The monoisotopic (exact) mass is 618 g/mol.